The van der Waals surface area contributed by atoms with Crippen molar-refractivity contribution >= 4 is 17.5 Å². The van der Waals surface area contributed by atoms with Gasteiger partial charge in [0.15, 0.2) is 0 Å². The van der Waals surface area contributed by atoms with Crippen LogP contribution < -0.4 is 0 Å². The quantitative estimate of drug-likeness (QED) is 0.841. The number of amides is 1. The molecule has 0 saturated carbocycles. The van der Waals surface area contributed by atoms with E-state index in [1.54, 1.807) is 36.7 Å². The van der Waals surface area contributed by atoms with Crippen molar-refractivity contribution < 1.29 is 9.21 Å². The fraction of sp³-hybridized carbons (Fsp3) is 0.167. The number of pyridine rings is 1. The van der Waals surface area contributed by atoms with Crippen LogP contribution in [0.3, 0.4) is 0 Å². The summed E-state index contributed by atoms with van der Waals surface area (Å²) in [6, 6.07) is 3.43. The average Bonchev–Trinajstić information content (AvgIpc) is 2.81. The predicted octanol–water partition coefficient (Wildman–Crippen LogP) is 2.60. The van der Waals surface area contributed by atoms with Gasteiger partial charge in [0.2, 0.25) is 0 Å². The van der Waals surface area contributed by atoms with E-state index in [1.165, 1.54) is 6.20 Å². The smallest absolute Gasteiger partial charge is 0.255 e. The van der Waals surface area contributed by atoms with Gasteiger partial charge in [0.25, 0.3) is 5.91 Å². The highest BCUT2D eigenvalue weighted by molar-refractivity contribution is 6.33. The van der Waals surface area contributed by atoms with Gasteiger partial charge in [-0.05, 0) is 12.1 Å². The van der Waals surface area contributed by atoms with Crippen LogP contribution in [0.5, 0.6) is 0 Å². The molecule has 0 aliphatic rings. The Labute approximate surface area is 104 Å². The van der Waals surface area contributed by atoms with Crippen molar-refractivity contribution in [3.05, 3.63) is 53.2 Å². The van der Waals surface area contributed by atoms with E-state index in [9.17, 15) is 4.79 Å². The number of carbonyl (C=O) groups is 1. The van der Waals surface area contributed by atoms with Crippen molar-refractivity contribution in [3.8, 4) is 0 Å². The first kappa shape index (κ1) is 11.7. The van der Waals surface area contributed by atoms with Crippen LogP contribution in [-0.2, 0) is 6.54 Å². The lowest BCUT2D eigenvalue weighted by molar-refractivity contribution is 0.0785. The Morgan fingerprint density at radius 1 is 1.53 bits per heavy atom. The van der Waals surface area contributed by atoms with E-state index < -0.39 is 0 Å². The summed E-state index contributed by atoms with van der Waals surface area (Å²) >= 11 is 5.92. The lowest BCUT2D eigenvalue weighted by atomic mass is 10.2. The van der Waals surface area contributed by atoms with Gasteiger partial charge in [0, 0.05) is 31.5 Å². The van der Waals surface area contributed by atoms with E-state index in [2.05, 4.69) is 4.98 Å². The van der Waals surface area contributed by atoms with Gasteiger partial charge in [-0.15, -0.1) is 0 Å². The Kier molecular flexibility index (Phi) is 3.44. The second-order valence-corrected chi connectivity index (χ2v) is 4.06. The minimum absolute atomic E-state index is 0.140. The molecule has 0 aliphatic carbocycles. The van der Waals surface area contributed by atoms with Crippen molar-refractivity contribution in [2.45, 2.75) is 6.54 Å². The van der Waals surface area contributed by atoms with Crippen LogP contribution in [-0.4, -0.2) is 22.8 Å². The molecule has 88 valence electrons. The van der Waals surface area contributed by atoms with Gasteiger partial charge in [0.05, 0.1) is 23.1 Å². The van der Waals surface area contributed by atoms with Crippen LogP contribution in [0.2, 0.25) is 5.02 Å². The monoisotopic (exact) mass is 250 g/mol. The average molecular weight is 251 g/mol. The Morgan fingerprint density at radius 2 is 2.35 bits per heavy atom. The van der Waals surface area contributed by atoms with Crippen LogP contribution >= 0.6 is 11.6 Å². The summed E-state index contributed by atoms with van der Waals surface area (Å²) in [5, 5.41) is 0.358. The molecule has 0 atom stereocenters. The zero-order valence-electron chi connectivity index (χ0n) is 9.26. The molecule has 0 aliphatic heterocycles. The van der Waals surface area contributed by atoms with E-state index in [1.807, 2.05) is 6.07 Å². The number of hydrogen-bond acceptors (Lipinski definition) is 3. The number of halogens is 1. The number of nitrogens with zero attached hydrogens (tertiary/aromatic N) is 2. The van der Waals surface area contributed by atoms with Crippen molar-refractivity contribution in [1.29, 1.82) is 0 Å². The fourth-order valence-electron chi connectivity index (χ4n) is 1.48. The summed E-state index contributed by atoms with van der Waals surface area (Å²) in [5.41, 5.74) is 1.39. The zero-order chi connectivity index (χ0) is 12.3. The number of hydrogen-bond donors (Lipinski definition) is 0. The van der Waals surface area contributed by atoms with Gasteiger partial charge < -0.3 is 9.32 Å². The molecule has 0 saturated heterocycles. The third-order valence-electron chi connectivity index (χ3n) is 2.35. The molecule has 2 aromatic heterocycles. The Morgan fingerprint density at radius 3 is 3.00 bits per heavy atom. The number of aromatic nitrogens is 1. The molecule has 17 heavy (non-hydrogen) atoms. The molecule has 0 aromatic carbocycles. The first-order valence-electron chi connectivity index (χ1n) is 5.04. The van der Waals surface area contributed by atoms with E-state index in [4.69, 9.17) is 16.0 Å². The second kappa shape index (κ2) is 5.01. The van der Waals surface area contributed by atoms with Gasteiger partial charge in [-0.1, -0.05) is 11.6 Å². The van der Waals surface area contributed by atoms with Crippen LogP contribution in [0.25, 0.3) is 0 Å². The molecule has 0 unspecified atom stereocenters. The Balaban J connectivity index is 2.13. The maximum absolute atomic E-state index is 12.1. The molecule has 0 spiro atoms. The summed E-state index contributed by atoms with van der Waals surface area (Å²) in [4.78, 5) is 17.5. The summed E-state index contributed by atoms with van der Waals surface area (Å²) in [6.45, 7) is 0.480. The third-order valence-corrected chi connectivity index (χ3v) is 2.65. The first-order chi connectivity index (χ1) is 8.18. The minimum Gasteiger partial charge on any atom is -0.472 e. The number of rotatable bonds is 3. The Hall–Kier alpha value is -1.81. The number of furan rings is 1. The number of carbonyl (C=O) groups excluding carboxylic acids is 1. The standard InChI is InChI=1S/C12H11ClN2O2/c1-15(7-9-3-5-17-8-9)12(16)10-2-4-14-6-11(10)13/h2-6,8H,7H2,1H3. The van der Waals surface area contributed by atoms with E-state index >= 15 is 0 Å². The molecule has 0 radical (unpaired) electrons. The summed E-state index contributed by atoms with van der Waals surface area (Å²) in [5.74, 6) is -0.140. The van der Waals surface area contributed by atoms with E-state index in [-0.39, 0.29) is 5.91 Å². The van der Waals surface area contributed by atoms with Gasteiger partial charge in [-0.25, -0.2) is 0 Å². The topological polar surface area (TPSA) is 46.3 Å². The molecule has 0 bridgehead atoms. The first-order valence-corrected chi connectivity index (χ1v) is 5.42. The van der Waals surface area contributed by atoms with Gasteiger partial charge >= 0.3 is 0 Å². The van der Waals surface area contributed by atoms with Crippen molar-refractivity contribution in [3.63, 3.8) is 0 Å². The predicted molar refractivity (Wildman–Crippen MR) is 63.8 cm³/mol. The maximum atomic E-state index is 12.1. The molecule has 2 rings (SSSR count). The molecular formula is C12H11ClN2O2. The molecule has 0 N–H and O–H groups in total. The minimum atomic E-state index is -0.140. The third kappa shape index (κ3) is 2.65. The maximum Gasteiger partial charge on any atom is 0.255 e. The van der Waals surface area contributed by atoms with E-state index in [0.29, 0.717) is 17.1 Å². The van der Waals surface area contributed by atoms with Crippen LogP contribution in [0, 0.1) is 0 Å². The van der Waals surface area contributed by atoms with E-state index in [0.717, 1.165) is 5.56 Å². The summed E-state index contributed by atoms with van der Waals surface area (Å²) in [7, 11) is 1.71. The normalized spacial score (nSPS) is 10.2. The largest absolute Gasteiger partial charge is 0.472 e. The fourth-order valence-corrected chi connectivity index (χ4v) is 1.68. The van der Waals surface area contributed by atoms with Gasteiger partial charge in [-0.2, -0.15) is 0 Å². The summed E-state index contributed by atoms with van der Waals surface area (Å²) < 4.78 is 4.95. The van der Waals surface area contributed by atoms with Crippen molar-refractivity contribution in [2.75, 3.05) is 7.05 Å². The Bertz CT molecular complexity index is 511. The lowest BCUT2D eigenvalue weighted by Gasteiger charge is -2.16. The highest BCUT2D eigenvalue weighted by Gasteiger charge is 2.15. The zero-order valence-corrected chi connectivity index (χ0v) is 10.0. The van der Waals surface area contributed by atoms with Crippen molar-refractivity contribution in [1.82, 2.24) is 9.88 Å². The molecule has 5 heteroatoms. The highest BCUT2D eigenvalue weighted by Crippen LogP contribution is 2.16. The highest BCUT2D eigenvalue weighted by atomic mass is 35.5. The lowest BCUT2D eigenvalue weighted by Crippen LogP contribution is -2.26. The molecule has 4 nitrogen and oxygen atoms in total. The molecule has 0 fully saturated rings. The molecule has 2 aromatic rings. The van der Waals surface area contributed by atoms with Gasteiger partial charge in [-0.3, -0.25) is 9.78 Å². The molecule has 2 heterocycles. The summed E-state index contributed by atoms with van der Waals surface area (Å²) in [6.07, 6.45) is 6.19. The molecular weight excluding hydrogens is 240 g/mol. The van der Waals surface area contributed by atoms with Gasteiger partial charge in [0.1, 0.15) is 0 Å². The van der Waals surface area contributed by atoms with Crippen LogP contribution in [0.4, 0.5) is 0 Å². The molecule has 1 amide bonds. The van der Waals surface area contributed by atoms with Crippen LogP contribution in [0.15, 0.2) is 41.5 Å². The van der Waals surface area contributed by atoms with Crippen LogP contribution in [0.1, 0.15) is 15.9 Å². The SMILES string of the molecule is CN(Cc1ccoc1)C(=O)c1ccncc1Cl. The second-order valence-electron chi connectivity index (χ2n) is 3.65. The van der Waals surface area contributed by atoms with Crippen molar-refractivity contribution in [2.24, 2.45) is 0 Å².